The minimum Gasteiger partial charge on any atom is -0.462 e. The number of nitrogen functional groups attached to an aromatic ring is 1. The number of benzene rings is 1. The van der Waals surface area contributed by atoms with Gasteiger partial charge in [-0.25, -0.2) is 9.18 Å². The smallest absolute Gasteiger partial charge is 0.340 e. The Balaban J connectivity index is 2.71. The van der Waals surface area contributed by atoms with Crippen LogP contribution in [0.2, 0.25) is 0 Å². The summed E-state index contributed by atoms with van der Waals surface area (Å²) in [6, 6.07) is 4.13. The quantitative estimate of drug-likeness (QED) is 0.640. The topological polar surface area (TPSA) is 57.2 Å². The van der Waals surface area contributed by atoms with Gasteiger partial charge in [0.1, 0.15) is 5.82 Å². The van der Waals surface area contributed by atoms with Gasteiger partial charge in [0.05, 0.1) is 23.4 Å². The molecular formula is C12H13FN2O2. The molecule has 4 nitrogen and oxygen atoms in total. The summed E-state index contributed by atoms with van der Waals surface area (Å²) in [7, 11) is 0. The molecule has 0 aliphatic heterocycles. The third-order valence-corrected chi connectivity index (χ3v) is 2.69. The van der Waals surface area contributed by atoms with E-state index in [1.165, 1.54) is 22.9 Å². The lowest BCUT2D eigenvalue weighted by Gasteiger charge is -2.01. The molecule has 17 heavy (non-hydrogen) atoms. The Morgan fingerprint density at radius 3 is 2.88 bits per heavy atom. The summed E-state index contributed by atoms with van der Waals surface area (Å²) < 4.78 is 19.4. The van der Waals surface area contributed by atoms with Gasteiger partial charge < -0.3 is 10.6 Å². The first-order chi connectivity index (χ1) is 8.06. The Morgan fingerprint density at radius 1 is 1.53 bits per heavy atom. The van der Waals surface area contributed by atoms with Crippen LogP contribution in [0.15, 0.2) is 18.2 Å². The van der Waals surface area contributed by atoms with Crippen LogP contribution in [0.5, 0.6) is 0 Å². The molecule has 2 N–H and O–H groups in total. The van der Waals surface area contributed by atoms with E-state index in [0.29, 0.717) is 22.2 Å². The van der Waals surface area contributed by atoms with Crippen molar-refractivity contribution in [1.82, 2.24) is 4.68 Å². The molecule has 0 aliphatic rings. The number of aromatic nitrogens is 1. The Morgan fingerprint density at radius 2 is 2.24 bits per heavy atom. The van der Waals surface area contributed by atoms with Crippen LogP contribution in [0.1, 0.15) is 23.0 Å². The lowest BCUT2D eigenvalue weighted by Crippen LogP contribution is -2.12. The van der Waals surface area contributed by atoms with E-state index < -0.39 is 11.8 Å². The number of ether oxygens (including phenoxy) is 1. The van der Waals surface area contributed by atoms with Crippen molar-refractivity contribution in [2.45, 2.75) is 13.8 Å². The molecule has 1 aromatic heterocycles. The third kappa shape index (κ3) is 1.73. The number of hydrogen-bond donors (Lipinski definition) is 1. The Hall–Kier alpha value is -2.04. The van der Waals surface area contributed by atoms with Crippen LogP contribution in [0.25, 0.3) is 10.9 Å². The molecule has 0 spiro atoms. The second-order valence-corrected chi connectivity index (χ2v) is 3.71. The van der Waals surface area contributed by atoms with Gasteiger partial charge in [-0.2, -0.15) is 0 Å². The first kappa shape index (κ1) is 11.4. The molecule has 0 atom stereocenters. The van der Waals surface area contributed by atoms with Crippen LogP contribution in [0.3, 0.4) is 0 Å². The number of hydrogen-bond acceptors (Lipinski definition) is 3. The number of carbonyl (C=O) groups excluding carboxylic acids is 1. The van der Waals surface area contributed by atoms with Crippen molar-refractivity contribution in [3.8, 4) is 0 Å². The number of rotatable bonds is 2. The van der Waals surface area contributed by atoms with Gasteiger partial charge in [-0.1, -0.05) is 0 Å². The van der Waals surface area contributed by atoms with Gasteiger partial charge >= 0.3 is 5.97 Å². The summed E-state index contributed by atoms with van der Waals surface area (Å²) >= 11 is 0. The zero-order chi connectivity index (χ0) is 12.6. The minimum absolute atomic E-state index is 0.288. The van der Waals surface area contributed by atoms with E-state index in [0.717, 1.165) is 0 Å². The van der Waals surface area contributed by atoms with Gasteiger partial charge in [0.2, 0.25) is 0 Å². The minimum atomic E-state index is -0.439. The van der Waals surface area contributed by atoms with Crippen molar-refractivity contribution in [2.75, 3.05) is 12.4 Å². The van der Waals surface area contributed by atoms with E-state index >= 15 is 0 Å². The van der Waals surface area contributed by atoms with Crippen molar-refractivity contribution in [2.24, 2.45) is 0 Å². The zero-order valence-corrected chi connectivity index (χ0v) is 9.66. The lowest BCUT2D eigenvalue weighted by molar-refractivity contribution is 0.0527. The molecule has 2 rings (SSSR count). The van der Waals surface area contributed by atoms with E-state index in [2.05, 4.69) is 0 Å². The molecule has 0 unspecified atom stereocenters. The monoisotopic (exact) mass is 236 g/mol. The number of fused-ring (bicyclic) bond motifs is 1. The van der Waals surface area contributed by atoms with Crippen molar-refractivity contribution in [3.05, 3.63) is 35.3 Å². The van der Waals surface area contributed by atoms with E-state index in [4.69, 9.17) is 10.6 Å². The number of halogens is 1. The molecule has 1 heterocycles. The number of esters is 1. The van der Waals surface area contributed by atoms with Crippen molar-refractivity contribution < 1.29 is 13.9 Å². The van der Waals surface area contributed by atoms with Gasteiger partial charge in [-0.3, -0.25) is 4.68 Å². The maximum Gasteiger partial charge on any atom is 0.340 e. The molecule has 0 fully saturated rings. The second-order valence-electron chi connectivity index (χ2n) is 3.71. The fraction of sp³-hybridized carbons (Fsp3) is 0.250. The maximum atomic E-state index is 13.1. The second kappa shape index (κ2) is 4.08. The van der Waals surface area contributed by atoms with Crippen LogP contribution in [0.4, 0.5) is 4.39 Å². The molecule has 0 saturated heterocycles. The zero-order valence-electron chi connectivity index (χ0n) is 9.66. The number of carbonyl (C=O) groups is 1. The largest absolute Gasteiger partial charge is 0.462 e. The number of nitrogens with two attached hydrogens (primary N) is 1. The molecule has 0 radical (unpaired) electrons. The predicted octanol–water partition coefficient (Wildman–Crippen LogP) is 1.98. The highest BCUT2D eigenvalue weighted by atomic mass is 19.1. The SMILES string of the molecule is CCOC(=O)c1c(C)n(N)c2cc(F)ccc12. The van der Waals surface area contributed by atoms with Crippen molar-refractivity contribution in [3.63, 3.8) is 0 Å². The molecule has 5 heteroatoms. The molecule has 0 aliphatic carbocycles. The van der Waals surface area contributed by atoms with Crippen LogP contribution in [-0.2, 0) is 4.74 Å². The molecular weight excluding hydrogens is 223 g/mol. The van der Waals surface area contributed by atoms with E-state index in [1.54, 1.807) is 13.8 Å². The average Bonchev–Trinajstić information content (AvgIpc) is 2.53. The molecule has 0 bridgehead atoms. The molecule has 90 valence electrons. The molecule has 0 saturated carbocycles. The lowest BCUT2D eigenvalue weighted by atomic mass is 10.1. The summed E-state index contributed by atoms with van der Waals surface area (Å²) in [5.41, 5.74) is 1.43. The summed E-state index contributed by atoms with van der Waals surface area (Å²) in [5, 5.41) is 0.602. The summed E-state index contributed by atoms with van der Waals surface area (Å²) in [4.78, 5) is 11.8. The first-order valence-corrected chi connectivity index (χ1v) is 5.29. The van der Waals surface area contributed by atoms with Crippen LogP contribution in [-0.4, -0.2) is 17.3 Å². The fourth-order valence-corrected chi connectivity index (χ4v) is 1.87. The third-order valence-electron chi connectivity index (χ3n) is 2.69. The van der Waals surface area contributed by atoms with Crippen molar-refractivity contribution >= 4 is 16.9 Å². The van der Waals surface area contributed by atoms with Gasteiger partial charge in [0, 0.05) is 11.5 Å². The van der Waals surface area contributed by atoms with Crippen molar-refractivity contribution in [1.29, 1.82) is 0 Å². The first-order valence-electron chi connectivity index (χ1n) is 5.29. The average molecular weight is 236 g/mol. The Kier molecular flexibility index (Phi) is 2.75. The highest BCUT2D eigenvalue weighted by Crippen LogP contribution is 2.25. The summed E-state index contributed by atoms with van der Waals surface area (Å²) in [6.07, 6.45) is 0. The van der Waals surface area contributed by atoms with Crippen LogP contribution >= 0.6 is 0 Å². The summed E-state index contributed by atoms with van der Waals surface area (Å²) in [6.45, 7) is 3.72. The Labute approximate surface area is 97.7 Å². The highest BCUT2D eigenvalue weighted by Gasteiger charge is 2.20. The van der Waals surface area contributed by atoms with Crippen LogP contribution < -0.4 is 5.84 Å². The molecule has 1 aromatic carbocycles. The van der Waals surface area contributed by atoms with Gasteiger partial charge in [-0.15, -0.1) is 0 Å². The normalized spacial score (nSPS) is 10.8. The predicted molar refractivity (Wildman–Crippen MR) is 62.7 cm³/mol. The van der Waals surface area contributed by atoms with Gasteiger partial charge in [-0.05, 0) is 26.0 Å². The van der Waals surface area contributed by atoms with E-state index in [9.17, 15) is 9.18 Å². The standard InChI is InChI=1S/C12H13FN2O2/c1-3-17-12(16)11-7(2)15(14)10-6-8(13)4-5-9(10)11/h4-6H,3,14H2,1-2H3. The van der Waals surface area contributed by atoms with Crippen LogP contribution in [0, 0.1) is 12.7 Å². The molecule has 0 amide bonds. The summed E-state index contributed by atoms with van der Waals surface area (Å²) in [5.74, 6) is 4.95. The molecule has 2 aromatic rings. The Bertz CT molecular complexity index is 590. The van der Waals surface area contributed by atoms with E-state index in [1.807, 2.05) is 0 Å². The van der Waals surface area contributed by atoms with Gasteiger partial charge in [0.25, 0.3) is 0 Å². The fourth-order valence-electron chi connectivity index (χ4n) is 1.87. The maximum absolute atomic E-state index is 13.1. The van der Waals surface area contributed by atoms with Gasteiger partial charge in [0.15, 0.2) is 0 Å². The number of nitrogens with zero attached hydrogens (tertiary/aromatic N) is 1. The van der Waals surface area contributed by atoms with E-state index in [-0.39, 0.29) is 6.61 Å². The highest BCUT2D eigenvalue weighted by molar-refractivity contribution is 6.05.